The highest BCUT2D eigenvalue weighted by atomic mass is 16.2. The zero-order valence-electron chi connectivity index (χ0n) is 13.1. The van der Waals surface area contributed by atoms with Gasteiger partial charge in [0.15, 0.2) is 0 Å². The van der Waals surface area contributed by atoms with Crippen LogP contribution in [0.3, 0.4) is 0 Å². The molecule has 0 radical (unpaired) electrons. The predicted octanol–water partition coefficient (Wildman–Crippen LogP) is 2.97. The van der Waals surface area contributed by atoms with E-state index in [9.17, 15) is 9.59 Å². The average molecular weight is 330 g/mol. The van der Waals surface area contributed by atoms with Crippen molar-refractivity contribution in [2.24, 2.45) is 0 Å². The highest BCUT2D eigenvalue weighted by Gasteiger charge is 2.10. The average Bonchev–Trinajstić information content (AvgIpc) is 3.17. The number of fused-ring (bicyclic) bond motifs is 1. The summed E-state index contributed by atoms with van der Waals surface area (Å²) in [7, 11) is 0. The van der Waals surface area contributed by atoms with Crippen molar-refractivity contribution in [3.8, 4) is 5.69 Å². The fourth-order valence-electron chi connectivity index (χ4n) is 2.66. The van der Waals surface area contributed by atoms with Gasteiger partial charge in [-0.3, -0.25) is 9.59 Å². The molecular formula is C19H14N4O2. The summed E-state index contributed by atoms with van der Waals surface area (Å²) >= 11 is 0. The van der Waals surface area contributed by atoms with Gasteiger partial charge in [0.05, 0.1) is 6.33 Å². The van der Waals surface area contributed by atoms with Crippen LogP contribution in [0.5, 0.6) is 0 Å². The van der Waals surface area contributed by atoms with Crippen LogP contribution in [0.15, 0.2) is 78.1 Å². The van der Waals surface area contributed by atoms with Crippen LogP contribution in [0.25, 0.3) is 16.5 Å². The van der Waals surface area contributed by atoms with Crippen LogP contribution >= 0.6 is 0 Å². The van der Waals surface area contributed by atoms with Crippen LogP contribution in [0.2, 0.25) is 0 Å². The van der Waals surface area contributed by atoms with Gasteiger partial charge in [-0.15, -0.1) is 0 Å². The maximum Gasteiger partial charge on any atom is 0.272 e. The molecule has 25 heavy (non-hydrogen) atoms. The number of imidazole rings is 1. The second-order valence-electron chi connectivity index (χ2n) is 5.57. The Balaban J connectivity index is 1.59. The van der Waals surface area contributed by atoms with Gasteiger partial charge in [0, 0.05) is 29.2 Å². The number of aromatic nitrogens is 3. The molecule has 2 aromatic heterocycles. The molecule has 0 aliphatic heterocycles. The predicted molar refractivity (Wildman–Crippen MR) is 96.1 cm³/mol. The van der Waals surface area contributed by atoms with Crippen molar-refractivity contribution in [2.45, 2.75) is 0 Å². The first-order chi connectivity index (χ1) is 12.2. The van der Waals surface area contributed by atoms with Gasteiger partial charge in [-0.1, -0.05) is 18.2 Å². The molecule has 0 bridgehead atoms. The third kappa shape index (κ3) is 2.92. The highest BCUT2D eigenvalue weighted by Crippen LogP contribution is 2.15. The van der Waals surface area contributed by atoms with Gasteiger partial charge in [-0.25, -0.2) is 4.98 Å². The molecule has 2 N–H and O–H groups in total. The van der Waals surface area contributed by atoms with E-state index in [1.807, 2.05) is 29.0 Å². The first kappa shape index (κ1) is 14.9. The van der Waals surface area contributed by atoms with Crippen LogP contribution in [0, 0.1) is 0 Å². The van der Waals surface area contributed by atoms with Crippen molar-refractivity contribution in [2.75, 3.05) is 5.32 Å². The maximum atomic E-state index is 12.4. The minimum atomic E-state index is -0.363. The van der Waals surface area contributed by atoms with Crippen molar-refractivity contribution < 1.29 is 4.79 Å². The minimum absolute atomic E-state index is 0.224. The molecule has 0 saturated heterocycles. The SMILES string of the molecule is O=C(Nc1ccc(-n2ccnc2)cc1)c1cc2ccccc2c(=O)[nH]1. The van der Waals surface area contributed by atoms with Gasteiger partial charge in [0.1, 0.15) is 5.69 Å². The highest BCUT2D eigenvalue weighted by molar-refractivity contribution is 6.04. The molecule has 0 fully saturated rings. The summed E-state index contributed by atoms with van der Waals surface area (Å²) in [6.07, 6.45) is 5.24. The molecule has 2 heterocycles. The van der Waals surface area contributed by atoms with Gasteiger partial charge in [0.25, 0.3) is 11.5 Å². The van der Waals surface area contributed by atoms with E-state index in [1.165, 1.54) is 0 Å². The van der Waals surface area contributed by atoms with Crippen LogP contribution < -0.4 is 10.9 Å². The first-order valence-corrected chi connectivity index (χ1v) is 7.72. The molecule has 6 nitrogen and oxygen atoms in total. The number of benzene rings is 2. The number of rotatable bonds is 3. The number of aromatic amines is 1. The Morgan fingerprint density at radius 2 is 1.88 bits per heavy atom. The van der Waals surface area contributed by atoms with E-state index < -0.39 is 0 Å². The molecule has 0 spiro atoms. The second kappa shape index (κ2) is 6.09. The molecule has 4 aromatic rings. The van der Waals surface area contributed by atoms with E-state index in [0.717, 1.165) is 11.1 Å². The smallest absolute Gasteiger partial charge is 0.272 e. The van der Waals surface area contributed by atoms with E-state index in [4.69, 9.17) is 0 Å². The van der Waals surface area contributed by atoms with Gasteiger partial charge in [0.2, 0.25) is 0 Å². The van der Waals surface area contributed by atoms with Crippen molar-refractivity contribution in [3.05, 3.63) is 89.4 Å². The molecule has 0 atom stereocenters. The first-order valence-electron chi connectivity index (χ1n) is 7.72. The number of carbonyl (C=O) groups excluding carboxylic acids is 1. The third-order valence-electron chi connectivity index (χ3n) is 3.93. The Bertz CT molecular complexity index is 1100. The van der Waals surface area contributed by atoms with Gasteiger partial charge < -0.3 is 14.9 Å². The Kier molecular flexibility index (Phi) is 3.63. The summed E-state index contributed by atoms with van der Waals surface area (Å²) in [5.74, 6) is -0.363. The second-order valence-corrected chi connectivity index (χ2v) is 5.57. The minimum Gasteiger partial charge on any atom is -0.321 e. The summed E-state index contributed by atoms with van der Waals surface area (Å²) < 4.78 is 1.87. The lowest BCUT2D eigenvalue weighted by Crippen LogP contribution is -2.18. The number of pyridine rings is 1. The summed E-state index contributed by atoms with van der Waals surface area (Å²) in [4.78, 5) is 31.1. The topological polar surface area (TPSA) is 79.8 Å². The van der Waals surface area contributed by atoms with Crippen LogP contribution in [0.4, 0.5) is 5.69 Å². The van der Waals surface area contributed by atoms with Crippen molar-refractivity contribution in [1.29, 1.82) is 0 Å². The van der Waals surface area contributed by atoms with Crippen molar-refractivity contribution >= 4 is 22.4 Å². The monoisotopic (exact) mass is 330 g/mol. The third-order valence-corrected chi connectivity index (χ3v) is 3.93. The van der Waals surface area contributed by atoms with Gasteiger partial charge >= 0.3 is 0 Å². The Morgan fingerprint density at radius 3 is 2.64 bits per heavy atom. The van der Waals surface area contributed by atoms with E-state index in [1.54, 1.807) is 48.9 Å². The lowest BCUT2D eigenvalue weighted by atomic mass is 10.1. The molecule has 6 heteroatoms. The fourth-order valence-corrected chi connectivity index (χ4v) is 2.66. The zero-order chi connectivity index (χ0) is 17.2. The summed E-state index contributed by atoms with van der Waals surface area (Å²) in [6, 6.07) is 16.2. The quantitative estimate of drug-likeness (QED) is 0.606. The zero-order valence-corrected chi connectivity index (χ0v) is 13.1. The number of amides is 1. The van der Waals surface area contributed by atoms with Crippen molar-refractivity contribution in [3.63, 3.8) is 0 Å². The molecule has 0 saturated carbocycles. The number of carbonyl (C=O) groups is 1. The van der Waals surface area contributed by atoms with E-state index in [2.05, 4.69) is 15.3 Å². The number of nitrogens with zero attached hydrogens (tertiary/aromatic N) is 2. The lowest BCUT2D eigenvalue weighted by molar-refractivity contribution is 0.102. The number of hydrogen-bond acceptors (Lipinski definition) is 3. The van der Waals surface area contributed by atoms with E-state index in [0.29, 0.717) is 11.1 Å². The van der Waals surface area contributed by atoms with Gasteiger partial charge in [-0.05, 0) is 41.8 Å². The van der Waals surface area contributed by atoms with Gasteiger partial charge in [-0.2, -0.15) is 0 Å². The molecule has 4 rings (SSSR count). The largest absolute Gasteiger partial charge is 0.321 e. The van der Waals surface area contributed by atoms with Crippen LogP contribution in [0.1, 0.15) is 10.5 Å². The van der Waals surface area contributed by atoms with Crippen LogP contribution in [-0.4, -0.2) is 20.4 Å². The summed E-state index contributed by atoms with van der Waals surface area (Å²) in [5.41, 5.74) is 1.53. The molecule has 122 valence electrons. The number of nitrogens with one attached hydrogen (secondary N) is 2. The molecule has 0 aliphatic rings. The standard InChI is InChI=1S/C19H14N4O2/c24-18-16-4-2-1-3-13(16)11-17(22-18)19(25)21-14-5-7-15(8-6-14)23-10-9-20-12-23/h1-12H,(H,21,25)(H,22,24). The Morgan fingerprint density at radius 1 is 1.08 bits per heavy atom. The number of anilines is 1. The Hall–Kier alpha value is -3.67. The fraction of sp³-hybridized carbons (Fsp3) is 0. The normalized spacial score (nSPS) is 10.7. The van der Waals surface area contributed by atoms with E-state index in [-0.39, 0.29) is 17.2 Å². The summed E-state index contributed by atoms with van der Waals surface area (Å²) in [5, 5.41) is 4.08. The number of H-pyrrole nitrogens is 1. The molecule has 2 aromatic carbocycles. The van der Waals surface area contributed by atoms with Crippen LogP contribution in [-0.2, 0) is 0 Å². The number of hydrogen-bond donors (Lipinski definition) is 2. The molecule has 0 unspecified atom stereocenters. The summed E-state index contributed by atoms with van der Waals surface area (Å²) in [6.45, 7) is 0. The molecule has 0 aliphatic carbocycles. The molecule has 1 amide bonds. The Labute approximate surface area is 142 Å². The van der Waals surface area contributed by atoms with E-state index >= 15 is 0 Å². The molecular weight excluding hydrogens is 316 g/mol. The lowest BCUT2D eigenvalue weighted by Gasteiger charge is -2.08. The van der Waals surface area contributed by atoms with Crippen molar-refractivity contribution in [1.82, 2.24) is 14.5 Å². The maximum absolute atomic E-state index is 12.4.